The van der Waals surface area contributed by atoms with E-state index >= 15 is 0 Å². The average Bonchev–Trinajstić information content (AvgIpc) is 2.60. The maximum Gasteiger partial charge on any atom is 0.243 e. The number of nitrogens with zero attached hydrogens (tertiary/aromatic N) is 2. The summed E-state index contributed by atoms with van der Waals surface area (Å²) in [5.74, 6) is -0.330. The van der Waals surface area contributed by atoms with Gasteiger partial charge < -0.3 is 16.0 Å². The van der Waals surface area contributed by atoms with Gasteiger partial charge in [0.25, 0.3) is 0 Å². The molecule has 162 valence electrons. The lowest BCUT2D eigenvalue weighted by molar-refractivity contribution is -0.119. The molecule has 1 atom stereocenters. The Morgan fingerprint density at radius 3 is 2.25 bits per heavy atom. The summed E-state index contributed by atoms with van der Waals surface area (Å²) < 4.78 is 27.3. The highest BCUT2D eigenvalue weighted by Crippen LogP contribution is 2.23. The van der Waals surface area contributed by atoms with Crippen molar-refractivity contribution in [2.75, 3.05) is 38.0 Å². The number of sulfonamides is 1. The molecule has 1 aromatic carbocycles. The van der Waals surface area contributed by atoms with Gasteiger partial charge in [0.15, 0.2) is 0 Å². The van der Waals surface area contributed by atoms with Crippen LogP contribution in [0.3, 0.4) is 0 Å². The highest BCUT2D eigenvalue weighted by Gasteiger charge is 2.29. The van der Waals surface area contributed by atoms with Crippen LogP contribution in [0.5, 0.6) is 0 Å². The number of rotatable bonds is 5. The van der Waals surface area contributed by atoms with Crippen LogP contribution in [0.25, 0.3) is 0 Å². The van der Waals surface area contributed by atoms with Crippen molar-refractivity contribution in [3.8, 4) is 0 Å². The summed E-state index contributed by atoms with van der Waals surface area (Å²) >= 11 is 0. The van der Waals surface area contributed by atoms with Crippen LogP contribution in [0.2, 0.25) is 0 Å². The predicted molar refractivity (Wildman–Crippen MR) is 118 cm³/mol. The van der Waals surface area contributed by atoms with Gasteiger partial charge in [-0.2, -0.15) is 4.31 Å². The monoisotopic (exact) mass is 454 g/mol. The number of carbonyl (C=O) groups excluding carboxylic acids is 1. The Morgan fingerprint density at radius 2 is 1.75 bits per heavy atom. The minimum atomic E-state index is -3.58. The van der Waals surface area contributed by atoms with Crippen molar-refractivity contribution in [2.24, 2.45) is 11.1 Å². The summed E-state index contributed by atoms with van der Waals surface area (Å²) in [4.78, 5) is 14.7. The number of hydrogen-bond acceptors (Lipinski definition) is 5. The van der Waals surface area contributed by atoms with Gasteiger partial charge in [0.1, 0.15) is 0 Å². The molecule has 1 amide bonds. The van der Waals surface area contributed by atoms with E-state index in [1.54, 1.807) is 18.2 Å². The molecule has 0 unspecified atom stereocenters. The molecular weight excluding hydrogens is 423 g/mol. The Labute approximate surface area is 180 Å². The number of nitrogens with two attached hydrogens (primary N) is 1. The Kier molecular flexibility index (Phi) is 10.4. The van der Waals surface area contributed by atoms with Crippen molar-refractivity contribution in [2.45, 2.75) is 38.6 Å². The lowest BCUT2D eigenvalue weighted by atomic mass is 9.87. The summed E-state index contributed by atoms with van der Waals surface area (Å²) in [6.07, 6.45) is 0. The zero-order valence-corrected chi connectivity index (χ0v) is 19.3. The number of nitrogens with one attached hydrogen (secondary N) is 1. The molecule has 0 radical (unpaired) electrons. The summed E-state index contributed by atoms with van der Waals surface area (Å²) in [6.45, 7) is 11.0. The SMILES string of the molecule is CCN1CCN(S(=O)(=O)c2cccc(NC(=O)[C@@H](N)C(C)(C)C)c2)CC1.Cl.Cl. The first kappa shape index (κ1) is 27.1. The number of carbonyl (C=O) groups is 1. The predicted octanol–water partition coefficient (Wildman–Crippen LogP) is 2.17. The number of benzene rings is 1. The van der Waals surface area contributed by atoms with Gasteiger partial charge in [-0.3, -0.25) is 4.79 Å². The quantitative estimate of drug-likeness (QED) is 0.710. The number of hydrogen-bond donors (Lipinski definition) is 2. The lowest BCUT2D eigenvalue weighted by Crippen LogP contribution is -2.48. The second kappa shape index (κ2) is 10.8. The molecule has 0 bridgehead atoms. The van der Waals surface area contributed by atoms with E-state index in [4.69, 9.17) is 5.73 Å². The van der Waals surface area contributed by atoms with Gasteiger partial charge in [-0.15, -0.1) is 24.8 Å². The molecule has 0 saturated carbocycles. The van der Waals surface area contributed by atoms with Crippen LogP contribution in [0.15, 0.2) is 29.2 Å². The fourth-order valence-corrected chi connectivity index (χ4v) is 4.25. The van der Waals surface area contributed by atoms with E-state index < -0.39 is 16.1 Å². The summed E-state index contributed by atoms with van der Waals surface area (Å²) in [6, 6.07) is 5.66. The van der Waals surface area contributed by atoms with Gasteiger partial charge in [0.2, 0.25) is 15.9 Å². The number of anilines is 1. The first-order valence-corrected chi connectivity index (χ1v) is 10.4. The summed E-state index contributed by atoms with van der Waals surface area (Å²) in [5, 5.41) is 2.72. The molecule has 0 spiro atoms. The molecule has 1 aromatic rings. The normalized spacial score (nSPS) is 17.2. The Bertz CT molecular complexity index is 745. The average molecular weight is 455 g/mol. The largest absolute Gasteiger partial charge is 0.325 e. The molecule has 0 aromatic heterocycles. The third kappa shape index (κ3) is 6.57. The lowest BCUT2D eigenvalue weighted by Gasteiger charge is -2.33. The zero-order chi connectivity index (χ0) is 19.5. The standard InChI is InChI=1S/C18H30N4O3S.2ClH/c1-5-21-9-11-22(12-10-21)26(24,25)15-8-6-7-14(13-15)20-17(23)16(19)18(2,3)4;;/h6-8,13,16H,5,9-12,19H2,1-4H3,(H,20,23);2*1H/t16-;;/m1../s1. The smallest absolute Gasteiger partial charge is 0.243 e. The Balaban J connectivity index is 0.00000364. The maximum absolute atomic E-state index is 12.9. The van der Waals surface area contributed by atoms with Gasteiger partial charge >= 0.3 is 0 Å². The van der Waals surface area contributed by atoms with Crippen molar-refractivity contribution >= 4 is 46.4 Å². The molecule has 1 heterocycles. The minimum Gasteiger partial charge on any atom is -0.325 e. The molecular formula is C18H32Cl2N4O3S. The van der Waals surface area contributed by atoms with E-state index in [-0.39, 0.29) is 41.0 Å². The van der Waals surface area contributed by atoms with E-state index in [1.165, 1.54) is 10.4 Å². The third-order valence-corrected chi connectivity index (χ3v) is 6.63. The number of amides is 1. The van der Waals surface area contributed by atoms with E-state index in [1.807, 2.05) is 20.8 Å². The van der Waals surface area contributed by atoms with E-state index in [2.05, 4.69) is 17.1 Å². The highest BCUT2D eigenvalue weighted by atomic mass is 35.5. The molecule has 10 heteroatoms. The topological polar surface area (TPSA) is 95.7 Å². The van der Waals surface area contributed by atoms with Gasteiger partial charge in [0, 0.05) is 31.9 Å². The van der Waals surface area contributed by atoms with Gasteiger partial charge in [-0.05, 0) is 30.2 Å². The fraction of sp³-hybridized carbons (Fsp3) is 0.611. The van der Waals surface area contributed by atoms with Gasteiger partial charge in [0.05, 0.1) is 10.9 Å². The molecule has 1 saturated heterocycles. The van der Waals surface area contributed by atoms with Crippen molar-refractivity contribution < 1.29 is 13.2 Å². The summed E-state index contributed by atoms with van der Waals surface area (Å²) in [7, 11) is -3.58. The molecule has 7 nitrogen and oxygen atoms in total. The zero-order valence-electron chi connectivity index (χ0n) is 16.8. The summed E-state index contributed by atoms with van der Waals surface area (Å²) in [5.41, 5.74) is 6.02. The second-order valence-electron chi connectivity index (χ2n) is 7.70. The second-order valence-corrected chi connectivity index (χ2v) is 9.64. The van der Waals surface area contributed by atoms with Crippen LogP contribution in [0, 0.1) is 5.41 Å². The van der Waals surface area contributed by atoms with Gasteiger partial charge in [-0.1, -0.05) is 33.8 Å². The molecule has 28 heavy (non-hydrogen) atoms. The van der Waals surface area contributed by atoms with Crippen LogP contribution in [-0.2, 0) is 14.8 Å². The van der Waals surface area contributed by atoms with Crippen molar-refractivity contribution in [1.29, 1.82) is 0 Å². The Morgan fingerprint density at radius 1 is 1.18 bits per heavy atom. The molecule has 1 aliphatic rings. The highest BCUT2D eigenvalue weighted by molar-refractivity contribution is 7.89. The first-order valence-electron chi connectivity index (χ1n) is 8.94. The van der Waals surface area contributed by atoms with Gasteiger partial charge in [-0.25, -0.2) is 8.42 Å². The minimum absolute atomic E-state index is 0. The third-order valence-electron chi connectivity index (χ3n) is 4.73. The first-order chi connectivity index (χ1) is 12.1. The van der Waals surface area contributed by atoms with E-state index in [0.717, 1.165) is 19.6 Å². The van der Waals surface area contributed by atoms with Crippen LogP contribution < -0.4 is 11.1 Å². The van der Waals surface area contributed by atoms with Crippen LogP contribution in [0.4, 0.5) is 5.69 Å². The van der Waals surface area contributed by atoms with Crippen LogP contribution in [0.1, 0.15) is 27.7 Å². The van der Waals surface area contributed by atoms with E-state index in [9.17, 15) is 13.2 Å². The van der Waals surface area contributed by atoms with Crippen LogP contribution in [-0.4, -0.2) is 62.3 Å². The molecule has 0 aliphatic carbocycles. The molecule has 2 rings (SSSR count). The number of likely N-dealkylation sites (N-methyl/N-ethyl adjacent to an activating group) is 1. The molecule has 1 aliphatic heterocycles. The van der Waals surface area contributed by atoms with Crippen molar-refractivity contribution in [1.82, 2.24) is 9.21 Å². The van der Waals surface area contributed by atoms with Crippen LogP contribution >= 0.6 is 24.8 Å². The molecule has 3 N–H and O–H groups in total. The number of halogens is 2. The molecule has 1 fully saturated rings. The van der Waals surface area contributed by atoms with Crippen molar-refractivity contribution in [3.63, 3.8) is 0 Å². The Hall–Kier alpha value is -0.900. The fourth-order valence-electron chi connectivity index (χ4n) is 2.78. The van der Waals surface area contributed by atoms with E-state index in [0.29, 0.717) is 18.8 Å². The maximum atomic E-state index is 12.9. The number of piperazine rings is 1. The van der Waals surface area contributed by atoms with Crippen molar-refractivity contribution in [3.05, 3.63) is 24.3 Å².